The van der Waals surface area contributed by atoms with Gasteiger partial charge in [0.2, 0.25) is 0 Å². The standard InChI is InChI=1S/C18H20N2O/c1-3-14-4-8-16(9-5-14)18(12-19)20-13-15-6-10-17(21-2)11-7-15/h4-11,18,20H,3,13H2,1-2H3. The van der Waals surface area contributed by atoms with Gasteiger partial charge in [0.15, 0.2) is 0 Å². The summed E-state index contributed by atoms with van der Waals surface area (Å²) in [6.07, 6.45) is 1.01. The molecule has 3 nitrogen and oxygen atoms in total. The van der Waals surface area contributed by atoms with Gasteiger partial charge in [0.25, 0.3) is 0 Å². The number of ether oxygens (including phenoxy) is 1. The predicted octanol–water partition coefficient (Wildman–Crippen LogP) is 3.61. The van der Waals surface area contributed by atoms with Gasteiger partial charge in [-0.3, -0.25) is 5.32 Å². The molecule has 21 heavy (non-hydrogen) atoms. The zero-order chi connectivity index (χ0) is 15.1. The molecular formula is C18H20N2O. The van der Waals surface area contributed by atoms with Crippen molar-refractivity contribution >= 4 is 0 Å². The van der Waals surface area contributed by atoms with E-state index in [0.717, 1.165) is 23.3 Å². The SMILES string of the molecule is CCc1ccc(C(C#N)NCc2ccc(OC)cc2)cc1. The van der Waals surface area contributed by atoms with Crippen molar-refractivity contribution in [2.24, 2.45) is 0 Å². The van der Waals surface area contributed by atoms with E-state index in [1.165, 1.54) is 5.56 Å². The lowest BCUT2D eigenvalue weighted by Crippen LogP contribution is -2.19. The molecular weight excluding hydrogens is 260 g/mol. The minimum absolute atomic E-state index is 0.294. The van der Waals surface area contributed by atoms with Crippen LogP contribution in [-0.4, -0.2) is 7.11 Å². The van der Waals surface area contributed by atoms with Gasteiger partial charge in [0, 0.05) is 6.54 Å². The molecule has 0 heterocycles. The molecule has 108 valence electrons. The predicted molar refractivity (Wildman–Crippen MR) is 84.0 cm³/mol. The second-order valence-electron chi connectivity index (χ2n) is 4.89. The number of nitrogens with one attached hydrogen (secondary N) is 1. The Kier molecular flexibility index (Phi) is 5.36. The normalized spacial score (nSPS) is 11.7. The van der Waals surface area contributed by atoms with Gasteiger partial charge in [0.05, 0.1) is 13.2 Å². The third-order valence-corrected chi connectivity index (χ3v) is 3.52. The van der Waals surface area contributed by atoms with E-state index < -0.39 is 0 Å². The lowest BCUT2D eigenvalue weighted by atomic mass is 10.0. The molecule has 0 aromatic heterocycles. The number of nitrogens with zero attached hydrogens (tertiary/aromatic N) is 1. The zero-order valence-electron chi connectivity index (χ0n) is 12.5. The van der Waals surface area contributed by atoms with Crippen molar-refractivity contribution in [1.82, 2.24) is 5.32 Å². The minimum Gasteiger partial charge on any atom is -0.497 e. The average molecular weight is 280 g/mol. The smallest absolute Gasteiger partial charge is 0.121 e. The molecule has 0 bridgehead atoms. The van der Waals surface area contributed by atoms with Crippen LogP contribution in [-0.2, 0) is 13.0 Å². The van der Waals surface area contributed by atoms with E-state index in [2.05, 4.69) is 30.4 Å². The largest absolute Gasteiger partial charge is 0.497 e. The van der Waals surface area contributed by atoms with Crippen LogP contribution in [0.1, 0.15) is 29.7 Å². The Balaban J connectivity index is 1.99. The monoisotopic (exact) mass is 280 g/mol. The third kappa shape index (κ3) is 4.08. The highest BCUT2D eigenvalue weighted by molar-refractivity contribution is 5.30. The van der Waals surface area contributed by atoms with E-state index in [9.17, 15) is 5.26 Å². The molecule has 0 amide bonds. The molecule has 0 saturated heterocycles. The van der Waals surface area contributed by atoms with Crippen LogP contribution in [0.5, 0.6) is 5.75 Å². The molecule has 0 aliphatic carbocycles. The first-order valence-corrected chi connectivity index (χ1v) is 7.11. The van der Waals surface area contributed by atoms with Gasteiger partial charge in [-0.05, 0) is 35.2 Å². The number of rotatable bonds is 6. The van der Waals surface area contributed by atoms with Crippen LogP contribution in [0.2, 0.25) is 0 Å². The van der Waals surface area contributed by atoms with Gasteiger partial charge in [0.1, 0.15) is 11.8 Å². The maximum atomic E-state index is 9.33. The maximum absolute atomic E-state index is 9.33. The van der Waals surface area contributed by atoms with Gasteiger partial charge in [-0.25, -0.2) is 0 Å². The van der Waals surface area contributed by atoms with Gasteiger partial charge in [-0.2, -0.15) is 5.26 Å². The summed E-state index contributed by atoms with van der Waals surface area (Å²) in [5.74, 6) is 0.839. The Hall–Kier alpha value is -2.31. The summed E-state index contributed by atoms with van der Waals surface area (Å²) in [7, 11) is 1.65. The lowest BCUT2D eigenvalue weighted by Gasteiger charge is -2.12. The van der Waals surface area contributed by atoms with E-state index in [-0.39, 0.29) is 6.04 Å². The Bertz CT molecular complexity index is 597. The van der Waals surface area contributed by atoms with Crippen LogP contribution in [0.15, 0.2) is 48.5 Å². The number of hydrogen-bond acceptors (Lipinski definition) is 3. The van der Waals surface area contributed by atoms with Crippen molar-refractivity contribution in [3.63, 3.8) is 0 Å². The van der Waals surface area contributed by atoms with Crippen molar-refractivity contribution in [2.75, 3.05) is 7.11 Å². The van der Waals surface area contributed by atoms with Crippen LogP contribution in [0.25, 0.3) is 0 Å². The van der Waals surface area contributed by atoms with Crippen molar-refractivity contribution in [3.8, 4) is 11.8 Å². The summed E-state index contributed by atoms with van der Waals surface area (Å²) in [6, 6.07) is 18.1. The van der Waals surface area contributed by atoms with E-state index in [4.69, 9.17) is 4.74 Å². The lowest BCUT2D eigenvalue weighted by molar-refractivity contribution is 0.414. The topological polar surface area (TPSA) is 45.0 Å². The molecule has 2 rings (SSSR count). The highest BCUT2D eigenvalue weighted by Gasteiger charge is 2.09. The fourth-order valence-corrected chi connectivity index (χ4v) is 2.15. The molecule has 2 aromatic carbocycles. The molecule has 0 aliphatic heterocycles. The Morgan fingerprint density at radius 3 is 2.19 bits per heavy atom. The highest BCUT2D eigenvalue weighted by Crippen LogP contribution is 2.16. The summed E-state index contributed by atoms with van der Waals surface area (Å²) in [5, 5.41) is 12.6. The first-order valence-electron chi connectivity index (χ1n) is 7.11. The molecule has 0 saturated carbocycles. The molecule has 0 radical (unpaired) electrons. The quantitative estimate of drug-likeness (QED) is 0.879. The van der Waals surface area contributed by atoms with Crippen molar-refractivity contribution in [2.45, 2.75) is 25.9 Å². The van der Waals surface area contributed by atoms with Crippen LogP contribution in [0, 0.1) is 11.3 Å². The van der Waals surface area contributed by atoms with Gasteiger partial charge >= 0.3 is 0 Å². The fraction of sp³-hybridized carbons (Fsp3) is 0.278. The van der Waals surface area contributed by atoms with E-state index in [1.807, 2.05) is 36.4 Å². The summed E-state index contributed by atoms with van der Waals surface area (Å²) in [5.41, 5.74) is 3.41. The first-order chi connectivity index (χ1) is 10.3. The molecule has 3 heteroatoms. The van der Waals surface area contributed by atoms with Crippen molar-refractivity contribution in [3.05, 3.63) is 65.2 Å². The van der Waals surface area contributed by atoms with E-state index >= 15 is 0 Å². The van der Waals surface area contributed by atoms with Gasteiger partial charge < -0.3 is 4.74 Å². The molecule has 1 atom stereocenters. The van der Waals surface area contributed by atoms with Gasteiger partial charge in [-0.1, -0.05) is 43.3 Å². The van der Waals surface area contributed by atoms with Crippen LogP contribution >= 0.6 is 0 Å². The Morgan fingerprint density at radius 2 is 1.67 bits per heavy atom. The third-order valence-electron chi connectivity index (χ3n) is 3.52. The maximum Gasteiger partial charge on any atom is 0.121 e. The number of hydrogen-bond donors (Lipinski definition) is 1. The van der Waals surface area contributed by atoms with E-state index in [1.54, 1.807) is 7.11 Å². The molecule has 1 N–H and O–H groups in total. The van der Waals surface area contributed by atoms with Crippen molar-refractivity contribution in [1.29, 1.82) is 5.26 Å². The second-order valence-corrected chi connectivity index (χ2v) is 4.89. The average Bonchev–Trinajstić information content (AvgIpc) is 2.56. The highest BCUT2D eigenvalue weighted by atomic mass is 16.5. The fourth-order valence-electron chi connectivity index (χ4n) is 2.15. The van der Waals surface area contributed by atoms with Crippen LogP contribution < -0.4 is 10.1 Å². The van der Waals surface area contributed by atoms with Crippen molar-refractivity contribution < 1.29 is 4.74 Å². The first kappa shape index (κ1) is 15.1. The van der Waals surface area contributed by atoms with E-state index in [0.29, 0.717) is 6.54 Å². The van der Waals surface area contributed by atoms with Crippen LogP contribution in [0.4, 0.5) is 0 Å². The summed E-state index contributed by atoms with van der Waals surface area (Å²) < 4.78 is 5.13. The molecule has 1 unspecified atom stereocenters. The molecule has 2 aromatic rings. The zero-order valence-corrected chi connectivity index (χ0v) is 12.5. The number of methoxy groups -OCH3 is 1. The summed E-state index contributed by atoms with van der Waals surface area (Å²) in [4.78, 5) is 0. The molecule has 0 fully saturated rings. The van der Waals surface area contributed by atoms with Crippen LogP contribution in [0.3, 0.4) is 0 Å². The molecule has 0 spiro atoms. The Morgan fingerprint density at radius 1 is 1.05 bits per heavy atom. The minimum atomic E-state index is -0.294. The Labute approximate surface area is 126 Å². The number of aryl methyl sites for hydroxylation is 1. The summed E-state index contributed by atoms with van der Waals surface area (Å²) in [6.45, 7) is 2.77. The number of nitriles is 1. The number of benzene rings is 2. The summed E-state index contributed by atoms with van der Waals surface area (Å²) >= 11 is 0. The van der Waals surface area contributed by atoms with Gasteiger partial charge in [-0.15, -0.1) is 0 Å². The second kappa shape index (κ2) is 7.47. The molecule has 0 aliphatic rings.